The van der Waals surface area contributed by atoms with Crippen LogP contribution in [0.2, 0.25) is 0 Å². The summed E-state index contributed by atoms with van der Waals surface area (Å²) in [5.74, 6) is 0.0735. The Hall–Kier alpha value is -4.38. The maximum absolute atomic E-state index is 13.7. The van der Waals surface area contributed by atoms with E-state index >= 15 is 0 Å². The summed E-state index contributed by atoms with van der Waals surface area (Å²) >= 11 is 0. The minimum Gasteiger partial charge on any atom is -0.504 e. The molecule has 0 bridgehead atoms. The molecule has 0 spiro atoms. The third-order valence-electron chi connectivity index (χ3n) is 6.56. The van der Waals surface area contributed by atoms with Gasteiger partial charge in [-0.3, -0.25) is 9.59 Å². The van der Waals surface area contributed by atoms with Gasteiger partial charge in [-0.05, 0) is 39.0 Å². The molecule has 4 aromatic carbocycles. The summed E-state index contributed by atoms with van der Waals surface area (Å²) in [6, 6.07) is 12.1. The SMILES string of the molecule is CC(C)=CC=C[C@]1(C)C=Cc2c(c(=O)c3cccc4oc5c(O)c6ccccc6c(=O)c5c2c43)O1. The zero-order valence-corrected chi connectivity index (χ0v) is 19.5. The van der Waals surface area contributed by atoms with Gasteiger partial charge in [0.2, 0.25) is 5.43 Å². The molecule has 172 valence electrons. The lowest BCUT2D eigenvalue weighted by atomic mass is 9.91. The highest BCUT2D eigenvalue weighted by molar-refractivity contribution is 6.24. The summed E-state index contributed by atoms with van der Waals surface area (Å²) in [6.45, 7) is 5.88. The summed E-state index contributed by atoms with van der Waals surface area (Å²) in [7, 11) is 0. The smallest absolute Gasteiger partial charge is 0.229 e. The summed E-state index contributed by atoms with van der Waals surface area (Å²) in [6.07, 6.45) is 9.47. The fourth-order valence-electron chi connectivity index (χ4n) is 4.90. The molecule has 1 N–H and O–H groups in total. The molecule has 0 saturated carbocycles. The first-order valence-corrected chi connectivity index (χ1v) is 11.4. The lowest BCUT2D eigenvalue weighted by Crippen LogP contribution is -2.32. The standard InChI is InChI=1S/C30H22O5/c1-16(2)8-7-14-30(3)15-13-20-23-22-19(27(33)28(20)35-30)11-6-12-21(22)34-29-24(23)25(31)17-9-4-5-10-18(17)26(29)32/h4-15,32H,1-3H3/t30-/m1/s1. The van der Waals surface area contributed by atoms with Crippen LogP contribution >= 0.6 is 0 Å². The quantitative estimate of drug-likeness (QED) is 0.186. The van der Waals surface area contributed by atoms with Gasteiger partial charge in [-0.1, -0.05) is 60.2 Å². The van der Waals surface area contributed by atoms with Crippen molar-refractivity contribution in [2.24, 2.45) is 0 Å². The molecule has 6 rings (SSSR count). The van der Waals surface area contributed by atoms with Gasteiger partial charge in [-0.25, -0.2) is 0 Å². The average molecular weight is 463 g/mol. The molecule has 1 aliphatic heterocycles. The molecular formula is C30H22O5. The van der Waals surface area contributed by atoms with E-state index in [1.54, 1.807) is 42.5 Å². The Bertz CT molecular complexity index is 1900. The predicted molar refractivity (Wildman–Crippen MR) is 141 cm³/mol. The van der Waals surface area contributed by atoms with Crippen LogP contribution in [0.1, 0.15) is 26.3 Å². The number of benzene rings is 4. The number of phenols is 1. The molecular weight excluding hydrogens is 440 g/mol. The first-order chi connectivity index (χ1) is 16.8. The fourth-order valence-corrected chi connectivity index (χ4v) is 4.90. The fraction of sp³-hybridized carbons (Fsp3) is 0.133. The summed E-state index contributed by atoms with van der Waals surface area (Å²) in [4.78, 5) is 27.3. The summed E-state index contributed by atoms with van der Waals surface area (Å²) in [5.41, 5.74) is 0.797. The monoisotopic (exact) mass is 462 g/mol. The molecule has 5 nitrogen and oxygen atoms in total. The van der Waals surface area contributed by atoms with Crippen LogP contribution in [0.4, 0.5) is 0 Å². The van der Waals surface area contributed by atoms with Crippen LogP contribution in [0.5, 0.6) is 11.5 Å². The lowest BCUT2D eigenvalue weighted by Gasteiger charge is -2.29. The molecule has 0 unspecified atom stereocenters. The van der Waals surface area contributed by atoms with Gasteiger partial charge in [-0.15, -0.1) is 0 Å². The van der Waals surface area contributed by atoms with Gasteiger partial charge in [0.05, 0.1) is 5.39 Å². The Morgan fingerprint density at radius 1 is 0.914 bits per heavy atom. The van der Waals surface area contributed by atoms with Gasteiger partial charge >= 0.3 is 0 Å². The van der Waals surface area contributed by atoms with E-state index in [1.807, 2.05) is 51.2 Å². The van der Waals surface area contributed by atoms with Crippen LogP contribution in [-0.4, -0.2) is 10.7 Å². The van der Waals surface area contributed by atoms with Crippen molar-refractivity contribution in [3.8, 4) is 11.5 Å². The number of rotatable bonds is 2. The predicted octanol–water partition coefficient (Wildman–Crippen LogP) is 6.44. The normalized spacial score (nSPS) is 17.5. The Kier molecular flexibility index (Phi) is 4.42. The molecule has 35 heavy (non-hydrogen) atoms. The average Bonchev–Trinajstić information content (AvgIpc) is 2.84. The number of hydrogen-bond donors (Lipinski definition) is 1. The van der Waals surface area contributed by atoms with Crippen molar-refractivity contribution in [2.75, 3.05) is 0 Å². The van der Waals surface area contributed by atoms with Crippen molar-refractivity contribution in [1.29, 1.82) is 0 Å². The minimum atomic E-state index is -0.837. The molecule has 0 amide bonds. The van der Waals surface area contributed by atoms with E-state index in [2.05, 4.69) is 0 Å². The Morgan fingerprint density at radius 2 is 1.66 bits per heavy atom. The summed E-state index contributed by atoms with van der Waals surface area (Å²) < 4.78 is 12.4. The third-order valence-corrected chi connectivity index (χ3v) is 6.56. The second kappa shape index (κ2) is 7.31. The van der Waals surface area contributed by atoms with Crippen LogP contribution in [0.3, 0.4) is 0 Å². The molecule has 5 aromatic rings. The number of aromatic hydroxyl groups is 1. The van der Waals surface area contributed by atoms with E-state index in [0.29, 0.717) is 38.1 Å². The summed E-state index contributed by atoms with van der Waals surface area (Å²) in [5, 5.41) is 13.6. The van der Waals surface area contributed by atoms with Crippen LogP contribution in [-0.2, 0) is 0 Å². The Balaban J connectivity index is 1.79. The second-order valence-electron chi connectivity index (χ2n) is 9.38. The van der Waals surface area contributed by atoms with Gasteiger partial charge in [0.25, 0.3) is 0 Å². The molecule has 0 saturated heterocycles. The van der Waals surface area contributed by atoms with E-state index in [4.69, 9.17) is 9.15 Å². The van der Waals surface area contributed by atoms with Crippen molar-refractivity contribution < 1.29 is 14.3 Å². The van der Waals surface area contributed by atoms with Gasteiger partial charge < -0.3 is 14.3 Å². The van der Waals surface area contributed by atoms with Crippen molar-refractivity contribution >= 4 is 49.6 Å². The molecule has 5 heteroatoms. The second-order valence-corrected chi connectivity index (χ2v) is 9.38. The number of phenolic OH excluding ortho intramolecular Hbond substituents is 1. The molecule has 0 aliphatic carbocycles. The van der Waals surface area contributed by atoms with Crippen molar-refractivity contribution in [1.82, 2.24) is 0 Å². The van der Waals surface area contributed by atoms with E-state index in [-0.39, 0.29) is 33.3 Å². The number of ether oxygens (including phenoxy) is 1. The van der Waals surface area contributed by atoms with Crippen molar-refractivity contribution in [3.05, 3.63) is 98.4 Å². The Morgan fingerprint density at radius 3 is 2.43 bits per heavy atom. The molecule has 0 radical (unpaired) electrons. The van der Waals surface area contributed by atoms with E-state index in [9.17, 15) is 14.7 Å². The van der Waals surface area contributed by atoms with Crippen LogP contribution < -0.4 is 15.6 Å². The molecule has 0 fully saturated rings. The highest BCUT2D eigenvalue weighted by Crippen LogP contribution is 2.43. The van der Waals surface area contributed by atoms with Crippen molar-refractivity contribution in [3.63, 3.8) is 0 Å². The maximum atomic E-state index is 13.7. The van der Waals surface area contributed by atoms with E-state index in [1.165, 1.54) is 0 Å². The van der Waals surface area contributed by atoms with Gasteiger partial charge in [0, 0.05) is 32.5 Å². The Labute approximate surface area is 200 Å². The largest absolute Gasteiger partial charge is 0.504 e. The molecule has 1 aromatic heterocycles. The highest BCUT2D eigenvalue weighted by Gasteiger charge is 2.31. The van der Waals surface area contributed by atoms with Gasteiger partial charge in [0.15, 0.2) is 22.5 Å². The van der Waals surface area contributed by atoms with Gasteiger partial charge in [-0.2, -0.15) is 0 Å². The lowest BCUT2D eigenvalue weighted by molar-refractivity contribution is 0.188. The molecule has 2 heterocycles. The molecule has 1 atom stereocenters. The maximum Gasteiger partial charge on any atom is 0.229 e. The van der Waals surface area contributed by atoms with E-state index in [0.717, 1.165) is 5.57 Å². The van der Waals surface area contributed by atoms with Crippen LogP contribution in [0.15, 0.2) is 86.3 Å². The molecule has 1 aliphatic rings. The number of fused-ring (bicyclic) bond motifs is 5. The van der Waals surface area contributed by atoms with Crippen LogP contribution in [0.25, 0.3) is 49.6 Å². The highest BCUT2D eigenvalue weighted by atomic mass is 16.5. The minimum absolute atomic E-state index is 0.0970. The first kappa shape index (κ1) is 21.2. The number of hydrogen-bond acceptors (Lipinski definition) is 5. The van der Waals surface area contributed by atoms with Crippen LogP contribution in [0, 0.1) is 0 Å². The zero-order chi connectivity index (χ0) is 24.5. The van der Waals surface area contributed by atoms with Gasteiger partial charge in [0.1, 0.15) is 11.2 Å². The zero-order valence-electron chi connectivity index (χ0n) is 19.5. The van der Waals surface area contributed by atoms with Crippen molar-refractivity contribution in [2.45, 2.75) is 26.4 Å². The van der Waals surface area contributed by atoms with E-state index < -0.39 is 5.60 Å². The third kappa shape index (κ3) is 3.01. The number of allylic oxidation sites excluding steroid dienone is 3. The topological polar surface area (TPSA) is 76.7 Å². The first-order valence-electron chi connectivity index (χ1n) is 11.4.